The first-order valence-electron chi connectivity index (χ1n) is 8.15. The van der Waals surface area contributed by atoms with Gasteiger partial charge in [-0.3, -0.25) is 14.2 Å². The molecule has 0 saturated carbocycles. The first kappa shape index (κ1) is 18.1. The zero-order chi connectivity index (χ0) is 19.1. The number of amides is 1. The number of carbonyl (C=O) groups is 2. The Hall–Kier alpha value is -3.68. The molecule has 3 rings (SSSR count). The zero-order valence-electron chi connectivity index (χ0n) is 14.7. The highest BCUT2D eigenvalue weighted by Crippen LogP contribution is 2.23. The van der Waals surface area contributed by atoms with Gasteiger partial charge in [0.25, 0.3) is 5.91 Å². The normalized spacial score (nSPS) is 10.3. The van der Waals surface area contributed by atoms with Crippen LogP contribution in [-0.4, -0.2) is 40.4 Å². The molecule has 138 valence electrons. The lowest BCUT2D eigenvalue weighted by atomic mass is 10.2. The summed E-state index contributed by atoms with van der Waals surface area (Å²) < 4.78 is 12.3. The molecule has 0 aliphatic heterocycles. The van der Waals surface area contributed by atoms with E-state index < -0.39 is 0 Å². The first-order valence-corrected chi connectivity index (χ1v) is 8.15. The topological polar surface area (TPSA) is 95.3 Å². The van der Waals surface area contributed by atoms with Gasteiger partial charge in [-0.2, -0.15) is 0 Å². The number of pyridine rings is 1. The van der Waals surface area contributed by atoms with Crippen LogP contribution in [0.3, 0.4) is 0 Å². The Kier molecular flexibility index (Phi) is 5.78. The smallest absolute Gasteiger partial charge is 0.258 e. The van der Waals surface area contributed by atoms with E-state index in [1.54, 1.807) is 47.7 Å². The summed E-state index contributed by atoms with van der Waals surface area (Å²) >= 11 is 0. The number of nitrogens with one attached hydrogen (secondary N) is 1. The van der Waals surface area contributed by atoms with E-state index in [-0.39, 0.29) is 12.5 Å². The Bertz CT molecular complexity index is 908. The van der Waals surface area contributed by atoms with Gasteiger partial charge in [-0.1, -0.05) is 6.07 Å². The molecule has 1 amide bonds. The average molecular weight is 366 g/mol. The van der Waals surface area contributed by atoms with Crippen LogP contribution in [0, 0.1) is 0 Å². The molecule has 0 spiro atoms. The van der Waals surface area contributed by atoms with Crippen LogP contribution in [-0.2, 0) is 11.3 Å². The summed E-state index contributed by atoms with van der Waals surface area (Å²) in [5.74, 6) is 1.27. The van der Waals surface area contributed by atoms with Crippen molar-refractivity contribution in [2.24, 2.45) is 0 Å². The maximum absolute atomic E-state index is 12.0. The molecule has 0 unspecified atom stereocenters. The fourth-order valence-electron chi connectivity index (χ4n) is 2.33. The van der Waals surface area contributed by atoms with Crippen LogP contribution in [0.5, 0.6) is 11.5 Å². The highest BCUT2D eigenvalue weighted by Gasteiger charge is 2.08. The second kappa shape index (κ2) is 8.61. The van der Waals surface area contributed by atoms with Gasteiger partial charge in [-0.25, -0.2) is 9.97 Å². The molecule has 0 bridgehead atoms. The molecule has 3 aromatic rings. The number of methoxy groups -OCH3 is 1. The summed E-state index contributed by atoms with van der Waals surface area (Å²) in [7, 11) is 1.51. The van der Waals surface area contributed by atoms with Gasteiger partial charge in [0.2, 0.25) is 0 Å². The van der Waals surface area contributed by atoms with Crippen molar-refractivity contribution < 1.29 is 19.1 Å². The SMILES string of the molecule is COc1ccc(C=O)c(OCC(=O)NCc2ccc(-n3ccnc3)nc2)c1. The van der Waals surface area contributed by atoms with Crippen LogP contribution >= 0.6 is 0 Å². The maximum Gasteiger partial charge on any atom is 0.258 e. The first-order chi connectivity index (χ1) is 13.2. The number of benzene rings is 1. The van der Waals surface area contributed by atoms with Crippen LogP contribution < -0.4 is 14.8 Å². The summed E-state index contributed by atoms with van der Waals surface area (Å²) in [6, 6.07) is 8.50. The quantitative estimate of drug-likeness (QED) is 0.611. The van der Waals surface area contributed by atoms with Crippen molar-refractivity contribution in [3.63, 3.8) is 0 Å². The molecule has 0 aliphatic carbocycles. The van der Waals surface area contributed by atoms with Crippen molar-refractivity contribution in [3.8, 4) is 17.3 Å². The Balaban J connectivity index is 1.52. The fraction of sp³-hybridized carbons (Fsp3) is 0.158. The molecule has 1 N–H and O–H groups in total. The molecule has 0 radical (unpaired) electrons. The lowest BCUT2D eigenvalue weighted by Crippen LogP contribution is -2.28. The molecule has 0 saturated heterocycles. The van der Waals surface area contributed by atoms with Crippen LogP contribution in [0.4, 0.5) is 0 Å². The number of aromatic nitrogens is 3. The molecule has 0 fully saturated rings. The van der Waals surface area contributed by atoms with Gasteiger partial charge in [0.15, 0.2) is 12.9 Å². The highest BCUT2D eigenvalue weighted by atomic mass is 16.5. The Morgan fingerprint density at radius 2 is 2.19 bits per heavy atom. The summed E-state index contributed by atoms with van der Waals surface area (Å²) in [5.41, 5.74) is 1.20. The number of hydrogen-bond donors (Lipinski definition) is 1. The number of aldehydes is 1. The number of imidazole rings is 1. The average Bonchev–Trinajstić information content (AvgIpc) is 3.25. The van der Waals surface area contributed by atoms with Crippen molar-refractivity contribution in [1.29, 1.82) is 0 Å². The van der Waals surface area contributed by atoms with Crippen LogP contribution in [0.15, 0.2) is 55.2 Å². The van der Waals surface area contributed by atoms with Crippen molar-refractivity contribution in [2.75, 3.05) is 13.7 Å². The van der Waals surface area contributed by atoms with Gasteiger partial charge in [0.05, 0.1) is 12.7 Å². The molecule has 2 heterocycles. The van der Waals surface area contributed by atoms with Crippen molar-refractivity contribution in [2.45, 2.75) is 6.54 Å². The number of carbonyl (C=O) groups excluding carboxylic acids is 2. The predicted molar refractivity (Wildman–Crippen MR) is 97.1 cm³/mol. The molecule has 0 atom stereocenters. The maximum atomic E-state index is 12.0. The van der Waals surface area contributed by atoms with Crippen LogP contribution in [0.25, 0.3) is 5.82 Å². The monoisotopic (exact) mass is 366 g/mol. The lowest BCUT2D eigenvalue weighted by Gasteiger charge is -2.10. The Morgan fingerprint density at radius 3 is 2.85 bits per heavy atom. The van der Waals surface area contributed by atoms with Gasteiger partial charge in [0.1, 0.15) is 23.6 Å². The number of ether oxygens (including phenoxy) is 2. The van der Waals surface area contributed by atoms with E-state index >= 15 is 0 Å². The standard InChI is InChI=1S/C19H18N4O4/c1-26-16-4-3-15(11-24)17(8-16)27-12-19(25)22-10-14-2-5-18(21-9-14)23-7-6-20-13-23/h2-9,11,13H,10,12H2,1H3,(H,22,25). The largest absolute Gasteiger partial charge is 0.497 e. The Labute approximate surface area is 155 Å². The van der Waals surface area contributed by atoms with Crippen molar-refractivity contribution in [1.82, 2.24) is 19.9 Å². The minimum absolute atomic E-state index is 0.214. The van der Waals surface area contributed by atoms with E-state index in [2.05, 4.69) is 15.3 Å². The highest BCUT2D eigenvalue weighted by molar-refractivity contribution is 5.81. The fourth-order valence-corrected chi connectivity index (χ4v) is 2.33. The third-order valence-corrected chi connectivity index (χ3v) is 3.77. The number of hydrogen-bond acceptors (Lipinski definition) is 6. The van der Waals surface area contributed by atoms with Crippen molar-refractivity contribution in [3.05, 3.63) is 66.4 Å². The van der Waals surface area contributed by atoms with E-state index in [9.17, 15) is 9.59 Å². The lowest BCUT2D eigenvalue weighted by molar-refractivity contribution is -0.123. The third kappa shape index (κ3) is 4.69. The molecule has 8 nitrogen and oxygen atoms in total. The third-order valence-electron chi connectivity index (χ3n) is 3.77. The minimum Gasteiger partial charge on any atom is -0.497 e. The Morgan fingerprint density at radius 1 is 1.30 bits per heavy atom. The predicted octanol–water partition coefficient (Wildman–Crippen LogP) is 1.78. The molecular formula is C19H18N4O4. The molecule has 0 aliphatic rings. The van der Waals surface area contributed by atoms with Crippen LogP contribution in [0.1, 0.15) is 15.9 Å². The molecule has 1 aromatic carbocycles. The van der Waals surface area contributed by atoms with E-state index in [0.717, 1.165) is 11.4 Å². The van der Waals surface area contributed by atoms with Gasteiger partial charge < -0.3 is 14.8 Å². The summed E-state index contributed by atoms with van der Waals surface area (Å²) in [6.45, 7) is 0.104. The van der Waals surface area contributed by atoms with Crippen LogP contribution in [0.2, 0.25) is 0 Å². The van der Waals surface area contributed by atoms with E-state index in [1.165, 1.54) is 7.11 Å². The van der Waals surface area contributed by atoms with E-state index in [1.807, 2.05) is 12.1 Å². The van der Waals surface area contributed by atoms with Gasteiger partial charge in [-0.15, -0.1) is 0 Å². The van der Waals surface area contributed by atoms with Gasteiger partial charge in [0, 0.05) is 31.2 Å². The molecule has 2 aromatic heterocycles. The van der Waals surface area contributed by atoms with Gasteiger partial charge in [-0.05, 0) is 23.8 Å². The van der Waals surface area contributed by atoms with E-state index in [4.69, 9.17) is 9.47 Å². The molecule has 27 heavy (non-hydrogen) atoms. The number of nitrogens with zero attached hydrogens (tertiary/aromatic N) is 3. The summed E-state index contributed by atoms with van der Waals surface area (Å²) in [6.07, 6.45) is 7.48. The second-order valence-corrected chi connectivity index (χ2v) is 5.58. The minimum atomic E-state index is -0.312. The molecule has 8 heteroatoms. The molecular weight excluding hydrogens is 348 g/mol. The second-order valence-electron chi connectivity index (χ2n) is 5.58. The number of rotatable bonds is 8. The zero-order valence-corrected chi connectivity index (χ0v) is 14.7. The van der Waals surface area contributed by atoms with E-state index in [0.29, 0.717) is 29.9 Å². The van der Waals surface area contributed by atoms with Gasteiger partial charge >= 0.3 is 0 Å². The summed E-state index contributed by atoms with van der Waals surface area (Å²) in [5, 5.41) is 2.75. The van der Waals surface area contributed by atoms with Crippen molar-refractivity contribution >= 4 is 12.2 Å². The summed E-state index contributed by atoms with van der Waals surface area (Å²) in [4.78, 5) is 31.4.